The summed E-state index contributed by atoms with van der Waals surface area (Å²) in [6, 6.07) is 4.13. The van der Waals surface area contributed by atoms with Crippen LogP contribution in [0.3, 0.4) is 0 Å². The van der Waals surface area contributed by atoms with Gasteiger partial charge in [0.1, 0.15) is 10.6 Å². The SMILES string of the molecule is COc1ccc(C)cc1S(=O)(=O)N[C@@H](C)C(=O)N1CCCCC1. The fourth-order valence-electron chi connectivity index (χ4n) is 2.73. The minimum absolute atomic E-state index is 0.0540. The quantitative estimate of drug-likeness (QED) is 0.885. The molecule has 0 radical (unpaired) electrons. The van der Waals surface area contributed by atoms with Gasteiger partial charge in [-0.05, 0) is 50.8 Å². The lowest BCUT2D eigenvalue weighted by molar-refractivity contribution is -0.133. The molecule has 1 saturated heterocycles. The van der Waals surface area contributed by atoms with Crippen LogP contribution < -0.4 is 9.46 Å². The summed E-state index contributed by atoms with van der Waals surface area (Å²) in [4.78, 5) is 14.2. The summed E-state index contributed by atoms with van der Waals surface area (Å²) >= 11 is 0. The van der Waals surface area contributed by atoms with Crippen LogP contribution in [0.25, 0.3) is 0 Å². The number of piperidine rings is 1. The van der Waals surface area contributed by atoms with E-state index in [1.54, 1.807) is 36.9 Å². The first kappa shape index (κ1) is 17.7. The highest BCUT2D eigenvalue weighted by molar-refractivity contribution is 7.89. The molecule has 128 valence electrons. The number of amides is 1. The molecule has 1 N–H and O–H groups in total. The number of benzene rings is 1. The summed E-state index contributed by atoms with van der Waals surface area (Å²) in [5, 5.41) is 0. The van der Waals surface area contributed by atoms with Gasteiger partial charge in [-0.15, -0.1) is 0 Å². The fourth-order valence-corrected chi connectivity index (χ4v) is 4.18. The van der Waals surface area contributed by atoms with Crippen LogP contribution in [0.4, 0.5) is 0 Å². The van der Waals surface area contributed by atoms with Crippen LogP contribution in [0.1, 0.15) is 31.7 Å². The molecule has 0 spiro atoms. The van der Waals surface area contributed by atoms with E-state index in [0.717, 1.165) is 24.8 Å². The van der Waals surface area contributed by atoms with Crippen molar-refractivity contribution in [2.45, 2.75) is 44.0 Å². The Balaban J connectivity index is 2.17. The van der Waals surface area contributed by atoms with Crippen molar-refractivity contribution in [1.82, 2.24) is 9.62 Å². The zero-order valence-electron chi connectivity index (χ0n) is 13.8. The Morgan fingerprint density at radius 2 is 1.91 bits per heavy atom. The number of carbonyl (C=O) groups excluding carboxylic acids is 1. The zero-order chi connectivity index (χ0) is 17.0. The summed E-state index contributed by atoms with van der Waals surface area (Å²) < 4.78 is 32.8. The average Bonchev–Trinajstić information content (AvgIpc) is 2.54. The van der Waals surface area contributed by atoms with Crippen molar-refractivity contribution in [3.05, 3.63) is 23.8 Å². The molecule has 1 aromatic rings. The second-order valence-electron chi connectivity index (χ2n) is 5.88. The Morgan fingerprint density at radius 3 is 2.52 bits per heavy atom. The topological polar surface area (TPSA) is 75.7 Å². The van der Waals surface area contributed by atoms with E-state index in [2.05, 4.69) is 4.72 Å². The van der Waals surface area contributed by atoms with Crippen LogP contribution in [0, 0.1) is 6.92 Å². The standard InChI is InChI=1S/C16H24N2O4S/c1-12-7-8-14(22-3)15(11-12)23(20,21)17-13(2)16(19)18-9-5-4-6-10-18/h7-8,11,13,17H,4-6,9-10H2,1-3H3/t13-/m0/s1. The first-order valence-corrected chi connectivity index (χ1v) is 9.29. The van der Waals surface area contributed by atoms with Gasteiger partial charge >= 0.3 is 0 Å². The summed E-state index contributed by atoms with van der Waals surface area (Å²) in [7, 11) is -2.41. The van der Waals surface area contributed by atoms with Gasteiger partial charge < -0.3 is 9.64 Å². The first-order chi connectivity index (χ1) is 10.8. The molecule has 0 aromatic heterocycles. The molecular weight excluding hydrogens is 316 g/mol. The maximum atomic E-state index is 12.6. The van der Waals surface area contributed by atoms with Crippen LogP contribution >= 0.6 is 0 Å². The number of sulfonamides is 1. The van der Waals surface area contributed by atoms with Gasteiger partial charge in [0.15, 0.2) is 0 Å². The fraction of sp³-hybridized carbons (Fsp3) is 0.562. The van der Waals surface area contributed by atoms with Crippen LogP contribution in [-0.4, -0.2) is 45.5 Å². The van der Waals surface area contributed by atoms with Gasteiger partial charge in [0, 0.05) is 13.1 Å². The van der Waals surface area contributed by atoms with Crippen molar-refractivity contribution >= 4 is 15.9 Å². The molecule has 1 aliphatic rings. The summed E-state index contributed by atoms with van der Waals surface area (Å²) in [6.45, 7) is 4.77. The van der Waals surface area contributed by atoms with E-state index in [4.69, 9.17) is 4.74 Å². The molecule has 1 atom stereocenters. The van der Waals surface area contributed by atoms with Crippen LogP contribution in [-0.2, 0) is 14.8 Å². The second kappa shape index (κ2) is 7.31. The van der Waals surface area contributed by atoms with E-state index in [-0.39, 0.29) is 16.6 Å². The second-order valence-corrected chi connectivity index (χ2v) is 7.57. The van der Waals surface area contributed by atoms with Crippen LogP contribution in [0.15, 0.2) is 23.1 Å². The van der Waals surface area contributed by atoms with Crippen molar-refractivity contribution in [2.24, 2.45) is 0 Å². The lowest BCUT2D eigenvalue weighted by Crippen LogP contribution is -2.48. The Kier molecular flexibility index (Phi) is 5.64. The number of likely N-dealkylation sites (tertiary alicyclic amines) is 1. The summed E-state index contributed by atoms with van der Waals surface area (Å²) in [5.41, 5.74) is 0.807. The monoisotopic (exact) mass is 340 g/mol. The molecular formula is C16H24N2O4S. The van der Waals surface area contributed by atoms with Gasteiger partial charge in [0.25, 0.3) is 0 Å². The lowest BCUT2D eigenvalue weighted by Gasteiger charge is -2.29. The third-order valence-electron chi connectivity index (χ3n) is 3.98. The van der Waals surface area contributed by atoms with Crippen molar-refractivity contribution in [2.75, 3.05) is 20.2 Å². The Labute approximate surface area is 137 Å². The molecule has 7 heteroatoms. The molecule has 23 heavy (non-hydrogen) atoms. The van der Waals surface area contributed by atoms with E-state index in [9.17, 15) is 13.2 Å². The molecule has 1 heterocycles. The number of aryl methyl sites for hydroxylation is 1. The normalized spacial score (nSPS) is 16.9. The van der Waals surface area contributed by atoms with Gasteiger partial charge in [-0.2, -0.15) is 4.72 Å². The van der Waals surface area contributed by atoms with Gasteiger partial charge in [0.2, 0.25) is 15.9 Å². The number of rotatable bonds is 5. The molecule has 1 aliphatic heterocycles. The Bertz CT molecular complexity index is 667. The third-order valence-corrected chi connectivity index (χ3v) is 5.54. The summed E-state index contributed by atoms with van der Waals surface area (Å²) in [6.07, 6.45) is 3.05. The molecule has 0 aliphatic carbocycles. The van der Waals surface area contributed by atoms with Gasteiger partial charge in [-0.1, -0.05) is 6.07 Å². The Morgan fingerprint density at radius 1 is 1.26 bits per heavy atom. The third kappa shape index (κ3) is 4.23. The van der Waals surface area contributed by atoms with E-state index >= 15 is 0 Å². The lowest BCUT2D eigenvalue weighted by atomic mass is 10.1. The van der Waals surface area contributed by atoms with Crippen molar-refractivity contribution in [1.29, 1.82) is 0 Å². The molecule has 0 bridgehead atoms. The predicted molar refractivity (Wildman–Crippen MR) is 87.9 cm³/mol. The number of nitrogens with one attached hydrogen (secondary N) is 1. The molecule has 0 unspecified atom stereocenters. The number of ether oxygens (including phenoxy) is 1. The summed E-state index contributed by atoms with van der Waals surface area (Å²) in [5.74, 6) is 0.0839. The first-order valence-electron chi connectivity index (χ1n) is 7.81. The molecule has 1 fully saturated rings. The van der Waals surface area contributed by atoms with E-state index < -0.39 is 16.1 Å². The average molecular weight is 340 g/mol. The van der Waals surface area contributed by atoms with Gasteiger partial charge in [0.05, 0.1) is 13.2 Å². The number of hydrogen-bond donors (Lipinski definition) is 1. The maximum absolute atomic E-state index is 12.6. The van der Waals surface area contributed by atoms with E-state index in [1.165, 1.54) is 7.11 Å². The zero-order valence-corrected chi connectivity index (χ0v) is 14.6. The highest BCUT2D eigenvalue weighted by Crippen LogP contribution is 2.25. The number of methoxy groups -OCH3 is 1. The highest BCUT2D eigenvalue weighted by atomic mass is 32.2. The maximum Gasteiger partial charge on any atom is 0.244 e. The highest BCUT2D eigenvalue weighted by Gasteiger charge is 2.28. The minimum Gasteiger partial charge on any atom is -0.495 e. The Hall–Kier alpha value is -1.60. The largest absolute Gasteiger partial charge is 0.495 e. The minimum atomic E-state index is -3.83. The number of hydrogen-bond acceptors (Lipinski definition) is 4. The predicted octanol–water partition coefficient (Wildman–Crippen LogP) is 1.68. The molecule has 6 nitrogen and oxygen atoms in total. The van der Waals surface area contributed by atoms with Crippen LogP contribution in [0.5, 0.6) is 5.75 Å². The number of carbonyl (C=O) groups is 1. The van der Waals surface area contributed by atoms with E-state index in [1.807, 2.05) is 0 Å². The molecule has 0 saturated carbocycles. The van der Waals surface area contributed by atoms with Crippen molar-refractivity contribution in [3.63, 3.8) is 0 Å². The smallest absolute Gasteiger partial charge is 0.244 e. The van der Waals surface area contributed by atoms with Gasteiger partial charge in [-0.3, -0.25) is 4.79 Å². The van der Waals surface area contributed by atoms with Crippen molar-refractivity contribution < 1.29 is 17.9 Å². The van der Waals surface area contributed by atoms with Gasteiger partial charge in [-0.25, -0.2) is 8.42 Å². The van der Waals surface area contributed by atoms with E-state index in [0.29, 0.717) is 13.1 Å². The molecule has 1 amide bonds. The van der Waals surface area contributed by atoms with Crippen LogP contribution in [0.2, 0.25) is 0 Å². The molecule has 2 rings (SSSR count). The molecule has 1 aromatic carbocycles. The number of nitrogens with zero attached hydrogens (tertiary/aromatic N) is 1. The van der Waals surface area contributed by atoms with Crippen molar-refractivity contribution in [3.8, 4) is 5.75 Å².